The van der Waals surface area contributed by atoms with E-state index < -0.39 is 0 Å². The highest BCUT2D eigenvalue weighted by molar-refractivity contribution is 9.12. The molecule has 0 aliphatic heterocycles. The van der Waals surface area contributed by atoms with Crippen LogP contribution in [0.5, 0.6) is 0 Å². The minimum atomic E-state index is -0.382. The SMILES string of the molecule is O=c1cccc(C#CBr)o1. The molecule has 1 heterocycles. The molecule has 0 aliphatic rings. The highest BCUT2D eigenvalue weighted by atomic mass is 79.9. The Kier molecular flexibility index (Phi) is 2.30. The first-order valence-corrected chi connectivity index (χ1v) is 3.34. The number of hydrogen-bond acceptors (Lipinski definition) is 2. The van der Waals surface area contributed by atoms with Crippen molar-refractivity contribution in [1.82, 2.24) is 0 Å². The molecule has 50 valence electrons. The summed E-state index contributed by atoms with van der Waals surface area (Å²) >= 11 is 2.89. The predicted octanol–water partition coefficient (Wildman–Crippen LogP) is 1.34. The van der Waals surface area contributed by atoms with Gasteiger partial charge in [0.1, 0.15) is 0 Å². The minimum absolute atomic E-state index is 0.365. The van der Waals surface area contributed by atoms with Crippen molar-refractivity contribution < 1.29 is 4.42 Å². The third kappa shape index (κ3) is 1.74. The van der Waals surface area contributed by atoms with Gasteiger partial charge in [0.05, 0.1) is 0 Å². The zero-order valence-electron chi connectivity index (χ0n) is 4.93. The second-order valence-corrected chi connectivity index (χ2v) is 1.93. The van der Waals surface area contributed by atoms with E-state index in [-0.39, 0.29) is 5.63 Å². The van der Waals surface area contributed by atoms with Crippen molar-refractivity contribution in [3.63, 3.8) is 0 Å². The zero-order chi connectivity index (χ0) is 7.40. The van der Waals surface area contributed by atoms with Crippen LogP contribution in [-0.2, 0) is 0 Å². The molecule has 0 bridgehead atoms. The van der Waals surface area contributed by atoms with E-state index in [9.17, 15) is 4.79 Å². The van der Waals surface area contributed by atoms with Crippen LogP contribution < -0.4 is 5.63 Å². The fraction of sp³-hybridized carbons (Fsp3) is 0. The van der Waals surface area contributed by atoms with E-state index in [0.717, 1.165) is 0 Å². The molecular weight excluding hydrogens is 196 g/mol. The zero-order valence-corrected chi connectivity index (χ0v) is 6.51. The smallest absolute Gasteiger partial charge is 0.336 e. The lowest BCUT2D eigenvalue weighted by atomic mass is 10.4. The van der Waals surface area contributed by atoms with Crippen molar-refractivity contribution in [2.24, 2.45) is 0 Å². The predicted molar refractivity (Wildman–Crippen MR) is 40.8 cm³/mol. The van der Waals surface area contributed by atoms with Crippen LogP contribution in [0.25, 0.3) is 0 Å². The van der Waals surface area contributed by atoms with E-state index in [4.69, 9.17) is 0 Å². The number of rotatable bonds is 0. The van der Waals surface area contributed by atoms with Gasteiger partial charge in [-0.05, 0) is 16.8 Å². The first-order valence-electron chi connectivity index (χ1n) is 2.55. The molecule has 0 aromatic carbocycles. The Morgan fingerprint density at radius 3 is 2.90 bits per heavy atom. The van der Waals surface area contributed by atoms with E-state index >= 15 is 0 Å². The highest BCUT2D eigenvalue weighted by Gasteiger charge is 1.87. The molecule has 0 unspecified atom stereocenters. The van der Waals surface area contributed by atoms with Crippen molar-refractivity contribution >= 4 is 15.9 Å². The maximum Gasteiger partial charge on any atom is 0.336 e. The average Bonchev–Trinajstić information content (AvgIpc) is 1.88. The quantitative estimate of drug-likeness (QED) is 0.590. The normalized spacial score (nSPS) is 8.10. The third-order valence-electron chi connectivity index (χ3n) is 0.861. The van der Waals surface area contributed by atoms with Gasteiger partial charge in [0.2, 0.25) is 0 Å². The lowest BCUT2D eigenvalue weighted by molar-refractivity contribution is 0.499. The molecule has 0 N–H and O–H groups in total. The van der Waals surface area contributed by atoms with Crippen molar-refractivity contribution in [3.8, 4) is 10.8 Å². The van der Waals surface area contributed by atoms with Crippen LogP contribution in [0.2, 0.25) is 0 Å². The summed E-state index contributed by atoms with van der Waals surface area (Å²) in [6, 6.07) is 4.55. The van der Waals surface area contributed by atoms with E-state index in [2.05, 4.69) is 31.1 Å². The summed E-state index contributed by atoms with van der Waals surface area (Å²) in [5.74, 6) is 2.91. The molecule has 2 nitrogen and oxygen atoms in total. The molecule has 1 rings (SSSR count). The van der Waals surface area contributed by atoms with Gasteiger partial charge in [-0.1, -0.05) is 6.07 Å². The van der Waals surface area contributed by atoms with Gasteiger partial charge in [-0.25, -0.2) is 4.79 Å². The monoisotopic (exact) mass is 198 g/mol. The van der Waals surface area contributed by atoms with Crippen LogP contribution in [0, 0.1) is 10.8 Å². The van der Waals surface area contributed by atoms with Gasteiger partial charge in [0.25, 0.3) is 0 Å². The standard InChI is InChI=1S/C7H3BrO2/c8-5-4-6-2-1-3-7(9)10-6/h1-3H. The summed E-state index contributed by atoms with van der Waals surface area (Å²) in [6.45, 7) is 0. The van der Waals surface area contributed by atoms with Crippen molar-refractivity contribution in [3.05, 3.63) is 34.4 Å². The Balaban J connectivity index is 3.15. The first kappa shape index (κ1) is 7.10. The molecule has 0 fully saturated rings. The van der Waals surface area contributed by atoms with Gasteiger partial charge in [-0.2, -0.15) is 0 Å². The molecule has 0 saturated heterocycles. The molecule has 0 aliphatic carbocycles. The Hall–Kier alpha value is -1.01. The molecule has 0 atom stereocenters. The van der Waals surface area contributed by atoms with Crippen molar-refractivity contribution in [2.45, 2.75) is 0 Å². The van der Waals surface area contributed by atoms with Crippen molar-refractivity contribution in [2.75, 3.05) is 0 Å². The lowest BCUT2D eigenvalue weighted by Crippen LogP contribution is -1.94. The lowest BCUT2D eigenvalue weighted by Gasteiger charge is -1.83. The Morgan fingerprint density at radius 2 is 2.30 bits per heavy atom. The first-order chi connectivity index (χ1) is 4.83. The highest BCUT2D eigenvalue weighted by Crippen LogP contribution is 1.90. The average molecular weight is 199 g/mol. The van der Waals surface area contributed by atoms with E-state index in [1.807, 2.05) is 0 Å². The van der Waals surface area contributed by atoms with Crippen LogP contribution in [0.15, 0.2) is 27.4 Å². The number of halogens is 1. The maximum atomic E-state index is 10.5. The molecular formula is C7H3BrO2. The molecule has 1 aromatic heterocycles. The summed E-state index contributed by atoms with van der Waals surface area (Å²) < 4.78 is 4.66. The topological polar surface area (TPSA) is 30.2 Å². The van der Waals surface area contributed by atoms with Gasteiger partial charge >= 0.3 is 5.63 Å². The van der Waals surface area contributed by atoms with Crippen LogP contribution in [-0.4, -0.2) is 0 Å². The van der Waals surface area contributed by atoms with Crippen LogP contribution in [0.3, 0.4) is 0 Å². The largest absolute Gasteiger partial charge is 0.414 e. The van der Waals surface area contributed by atoms with Gasteiger partial charge < -0.3 is 4.42 Å². The van der Waals surface area contributed by atoms with E-state index in [1.165, 1.54) is 6.07 Å². The van der Waals surface area contributed by atoms with E-state index in [0.29, 0.717) is 5.76 Å². The van der Waals surface area contributed by atoms with Gasteiger partial charge in [0.15, 0.2) is 5.76 Å². The van der Waals surface area contributed by atoms with Crippen molar-refractivity contribution in [1.29, 1.82) is 0 Å². The minimum Gasteiger partial charge on any atom is -0.414 e. The number of hydrogen-bond donors (Lipinski definition) is 0. The summed E-state index contributed by atoms with van der Waals surface area (Å²) in [5, 5.41) is 0. The summed E-state index contributed by atoms with van der Waals surface area (Å²) in [6.07, 6.45) is 0. The van der Waals surface area contributed by atoms with Gasteiger partial charge in [0, 0.05) is 22.0 Å². The second kappa shape index (κ2) is 3.23. The summed E-state index contributed by atoms with van der Waals surface area (Å²) in [5.41, 5.74) is -0.382. The molecule has 0 amide bonds. The Morgan fingerprint density at radius 1 is 1.50 bits per heavy atom. The molecule has 0 spiro atoms. The molecule has 0 saturated carbocycles. The molecule has 3 heteroatoms. The maximum absolute atomic E-state index is 10.5. The third-order valence-corrected chi connectivity index (χ3v) is 1.06. The Bertz CT molecular complexity index is 329. The summed E-state index contributed by atoms with van der Waals surface area (Å²) in [7, 11) is 0. The molecule has 1 aromatic rings. The van der Waals surface area contributed by atoms with Gasteiger partial charge in [-0.15, -0.1) is 0 Å². The fourth-order valence-corrected chi connectivity index (χ4v) is 0.700. The molecule has 0 radical (unpaired) electrons. The second-order valence-electron chi connectivity index (χ2n) is 1.53. The van der Waals surface area contributed by atoms with E-state index in [1.54, 1.807) is 12.1 Å². The van der Waals surface area contributed by atoms with Crippen LogP contribution in [0.4, 0.5) is 0 Å². The Labute approximate surface area is 66.0 Å². The van der Waals surface area contributed by atoms with Crippen LogP contribution in [0.1, 0.15) is 5.76 Å². The van der Waals surface area contributed by atoms with Gasteiger partial charge in [-0.3, -0.25) is 0 Å². The molecule has 10 heavy (non-hydrogen) atoms. The fourth-order valence-electron chi connectivity index (χ4n) is 0.504. The van der Waals surface area contributed by atoms with Crippen LogP contribution >= 0.6 is 15.9 Å². The summed E-state index contributed by atoms with van der Waals surface area (Å²) in [4.78, 5) is 13.0.